The smallest absolute Gasteiger partial charge is 0.258 e. The number of nitrogens with one attached hydrogen (secondary N) is 1. The summed E-state index contributed by atoms with van der Waals surface area (Å²) in [7, 11) is 0. The molecule has 1 aliphatic heterocycles. The van der Waals surface area contributed by atoms with E-state index in [9.17, 15) is 4.79 Å². The van der Waals surface area contributed by atoms with E-state index in [2.05, 4.69) is 10.3 Å². The molecule has 0 saturated carbocycles. The molecule has 0 spiro atoms. The van der Waals surface area contributed by atoms with E-state index in [1.165, 1.54) is 0 Å². The average Bonchev–Trinajstić information content (AvgIpc) is 2.54. The van der Waals surface area contributed by atoms with Crippen molar-refractivity contribution in [3.63, 3.8) is 0 Å². The summed E-state index contributed by atoms with van der Waals surface area (Å²) in [5.74, 6) is 0.359. The number of ether oxygens (including phenoxy) is 1. The van der Waals surface area contributed by atoms with Crippen molar-refractivity contribution < 1.29 is 9.53 Å². The molecule has 1 aromatic heterocycles. The molecule has 2 heterocycles. The van der Waals surface area contributed by atoms with E-state index in [0.717, 1.165) is 16.5 Å². The van der Waals surface area contributed by atoms with E-state index in [1.54, 1.807) is 18.2 Å². The van der Waals surface area contributed by atoms with E-state index >= 15 is 0 Å². The van der Waals surface area contributed by atoms with Crippen molar-refractivity contribution in [1.82, 2.24) is 10.3 Å². The van der Waals surface area contributed by atoms with Crippen molar-refractivity contribution in [3.8, 4) is 5.75 Å². The third-order valence-electron chi connectivity index (χ3n) is 3.87. The molecule has 3 aromatic rings. The minimum absolute atomic E-state index is 0.183. The molecule has 2 aromatic carbocycles. The van der Waals surface area contributed by atoms with Crippen molar-refractivity contribution in [2.24, 2.45) is 0 Å². The van der Waals surface area contributed by atoms with Crippen LogP contribution < -0.4 is 10.1 Å². The topological polar surface area (TPSA) is 51.2 Å². The Morgan fingerprint density at radius 1 is 1.17 bits per heavy atom. The molecular formula is C18H13ClN2O2. The second-order valence-corrected chi connectivity index (χ2v) is 5.89. The van der Waals surface area contributed by atoms with Crippen molar-refractivity contribution in [1.29, 1.82) is 0 Å². The Bertz CT molecular complexity index is 939. The third-order valence-corrected chi connectivity index (χ3v) is 4.18. The summed E-state index contributed by atoms with van der Waals surface area (Å²) >= 11 is 6.32. The number of fused-ring (bicyclic) bond motifs is 2. The van der Waals surface area contributed by atoms with Crippen LogP contribution in [-0.2, 0) is 0 Å². The number of hydrogen-bond donors (Lipinski definition) is 1. The largest absolute Gasteiger partial charge is 0.465 e. The van der Waals surface area contributed by atoms with Crippen molar-refractivity contribution >= 4 is 28.4 Å². The number of para-hydroxylation sites is 1. The molecule has 5 heteroatoms. The molecule has 23 heavy (non-hydrogen) atoms. The van der Waals surface area contributed by atoms with Gasteiger partial charge in [0.15, 0.2) is 0 Å². The summed E-state index contributed by atoms with van der Waals surface area (Å²) in [5, 5.41) is 4.10. The standard InChI is InChI=1S/C18H13ClN2O2/c1-10-6-7-11-9-13(16(19)20-14(11)8-10)18-21-17(22)12-4-2-3-5-15(12)23-18/h2-9,18H,1H3,(H,21,22). The minimum atomic E-state index is -0.650. The summed E-state index contributed by atoms with van der Waals surface area (Å²) in [4.78, 5) is 16.7. The Morgan fingerprint density at radius 3 is 2.87 bits per heavy atom. The molecule has 1 atom stereocenters. The first-order valence-electron chi connectivity index (χ1n) is 7.25. The lowest BCUT2D eigenvalue weighted by Gasteiger charge is -2.27. The van der Waals surface area contributed by atoms with Crippen LogP contribution in [0.1, 0.15) is 27.7 Å². The van der Waals surface area contributed by atoms with Gasteiger partial charge in [0, 0.05) is 5.39 Å². The van der Waals surface area contributed by atoms with Crippen molar-refractivity contribution in [2.45, 2.75) is 13.2 Å². The number of benzene rings is 2. The van der Waals surface area contributed by atoms with Crippen LogP contribution in [0.4, 0.5) is 0 Å². The van der Waals surface area contributed by atoms with Crippen LogP contribution in [0.25, 0.3) is 10.9 Å². The maximum atomic E-state index is 12.2. The monoisotopic (exact) mass is 324 g/mol. The molecule has 0 aliphatic carbocycles. The summed E-state index contributed by atoms with van der Waals surface area (Å²) in [5.41, 5.74) is 3.10. The molecule has 4 rings (SSSR count). The number of pyridine rings is 1. The Labute approximate surface area is 138 Å². The summed E-state index contributed by atoms with van der Waals surface area (Å²) in [6.45, 7) is 2.00. The Kier molecular flexibility index (Phi) is 3.20. The SMILES string of the molecule is Cc1ccc2cc(C3NC(=O)c4ccccc4O3)c(Cl)nc2c1. The highest BCUT2D eigenvalue weighted by Crippen LogP contribution is 2.32. The molecule has 0 bridgehead atoms. The first kappa shape index (κ1) is 14.0. The zero-order chi connectivity index (χ0) is 16.0. The Morgan fingerprint density at radius 2 is 2.00 bits per heavy atom. The van der Waals surface area contributed by atoms with Crippen LogP contribution in [-0.4, -0.2) is 10.9 Å². The summed E-state index contributed by atoms with van der Waals surface area (Å²) in [6, 6.07) is 15.0. The van der Waals surface area contributed by atoms with Crippen LogP contribution in [0.5, 0.6) is 5.75 Å². The maximum Gasteiger partial charge on any atom is 0.258 e. The number of amides is 1. The highest BCUT2D eigenvalue weighted by atomic mass is 35.5. The van der Waals surface area contributed by atoms with Gasteiger partial charge < -0.3 is 10.1 Å². The van der Waals surface area contributed by atoms with Gasteiger partial charge in [-0.05, 0) is 36.8 Å². The van der Waals surface area contributed by atoms with Crippen LogP contribution >= 0.6 is 11.6 Å². The second-order valence-electron chi connectivity index (χ2n) is 5.53. The van der Waals surface area contributed by atoms with Gasteiger partial charge >= 0.3 is 0 Å². The Hall–Kier alpha value is -2.59. The fraction of sp³-hybridized carbons (Fsp3) is 0.111. The number of nitrogens with zero attached hydrogens (tertiary/aromatic N) is 1. The van der Waals surface area contributed by atoms with Crippen LogP contribution in [0.15, 0.2) is 48.5 Å². The molecule has 0 radical (unpaired) electrons. The molecule has 0 fully saturated rings. The molecule has 1 amide bonds. The fourth-order valence-corrected chi connectivity index (χ4v) is 2.95. The van der Waals surface area contributed by atoms with Gasteiger partial charge in [0.05, 0.1) is 16.6 Å². The van der Waals surface area contributed by atoms with Gasteiger partial charge in [0.1, 0.15) is 10.9 Å². The van der Waals surface area contributed by atoms with Crippen LogP contribution in [0, 0.1) is 6.92 Å². The average molecular weight is 325 g/mol. The van der Waals surface area contributed by atoms with Crippen molar-refractivity contribution in [3.05, 3.63) is 70.4 Å². The lowest BCUT2D eigenvalue weighted by atomic mass is 10.1. The minimum Gasteiger partial charge on any atom is -0.465 e. The molecule has 1 N–H and O–H groups in total. The number of halogens is 1. The third kappa shape index (κ3) is 2.41. The van der Waals surface area contributed by atoms with Gasteiger partial charge in [-0.3, -0.25) is 4.79 Å². The van der Waals surface area contributed by atoms with E-state index in [4.69, 9.17) is 16.3 Å². The summed E-state index contributed by atoms with van der Waals surface area (Å²) < 4.78 is 5.89. The zero-order valence-electron chi connectivity index (χ0n) is 12.3. The van der Waals surface area contributed by atoms with Gasteiger partial charge in [-0.15, -0.1) is 0 Å². The molecule has 4 nitrogen and oxygen atoms in total. The first-order valence-corrected chi connectivity index (χ1v) is 7.63. The number of rotatable bonds is 1. The lowest BCUT2D eigenvalue weighted by molar-refractivity contribution is 0.0756. The first-order chi connectivity index (χ1) is 11.1. The van der Waals surface area contributed by atoms with Crippen LogP contribution in [0.2, 0.25) is 5.15 Å². The van der Waals surface area contributed by atoms with E-state index in [1.807, 2.05) is 37.3 Å². The van der Waals surface area contributed by atoms with E-state index in [-0.39, 0.29) is 5.91 Å². The number of aryl methyl sites for hydroxylation is 1. The van der Waals surface area contributed by atoms with E-state index in [0.29, 0.717) is 22.0 Å². The molecule has 1 unspecified atom stereocenters. The molecule has 114 valence electrons. The van der Waals surface area contributed by atoms with Crippen molar-refractivity contribution in [2.75, 3.05) is 0 Å². The highest BCUT2D eigenvalue weighted by molar-refractivity contribution is 6.30. The molecular weight excluding hydrogens is 312 g/mol. The second kappa shape index (κ2) is 5.25. The van der Waals surface area contributed by atoms with Gasteiger partial charge in [-0.1, -0.05) is 35.9 Å². The number of aromatic nitrogens is 1. The van der Waals surface area contributed by atoms with Gasteiger partial charge in [-0.2, -0.15) is 0 Å². The quantitative estimate of drug-likeness (QED) is 0.688. The number of hydrogen-bond acceptors (Lipinski definition) is 3. The number of carbonyl (C=O) groups is 1. The van der Waals surface area contributed by atoms with Gasteiger partial charge in [0.25, 0.3) is 5.91 Å². The van der Waals surface area contributed by atoms with Crippen LogP contribution in [0.3, 0.4) is 0 Å². The maximum absolute atomic E-state index is 12.2. The predicted molar refractivity (Wildman–Crippen MR) is 88.8 cm³/mol. The normalized spacial score (nSPS) is 16.6. The van der Waals surface area contributed by atoms with E-state index < -0.39 is 6.23 Å². The summed E-state index contributed by atoms with van der Waals surface area (Å²) in [6.07, 6.45) is -0.650. The van der Waals surface area contributed by atoms with Gasteiger partial charge in [-0.25, -0.2) is 4.98 Å². The highest BCUT2D eigenvalue weighted by Gasteiger charge is 2.28. The van der Waals surface area contributed by atoms with Gasteiger partial charge in [0.2, 0.25) is 6.23 Å². The molecule has 1 aliphatic rings. The predicted octanol–water partition coefficient (Wildman–Crippen LogP) is 4.02. The lowest BCUT2D eigenvalue weighted by Crippen LogP contribution is -2.37. The Balaban J connectivity index is 1.79. The fourth-order valence-electron chi connectivity index (χ4n) is 2.71. The zero-order valence-corrected chi connectivity index (χ0v) is 13.1. The molecule has 0 saturated heterocycles. The number of carbonyl (C=O) groups excluding carboxylic acids is 1.